The third kappa shape index (κ3) is 1.88. The Morgan fingerprint density at radius 3 is 2.44 bits per heavy atom. The van der Waals surface area contributed by atoms with Gasteiger partial charge in [0.15, 0.2) is 0 Å². The molecule has 0 unspecified atom stereocenters. The molecule has 0 bridgehead atoms. The number of rotatable bonds is 1. The molecule has 1 saturated carbocycles. The number of hydrogen-bond acceptors (Lipinski definition) is 2. The summed E-state index contributed by atoms with van der Waals surface area (Å²) in [6.07, 6.45) is 6.15. The molecule has 0 atom stereocenters. The van der Waals surface area contributed by atoms with Gasteiger partial charge in [-0.1, -0.05) is 31.4 Å². The van der Waals surface area contributed by atoms with Crippen LogP contribution in [0.3, 0.4) is 0 Å². The topological polar surface area (TPSA) is 23.6 Å². The van der Waals surface area contributed by atoms with Crippen molar-refractivity contribution in [2.45, 2.75) is 38.1 Å². The molecule has 0 saturated heterocycles. The monoisotopic (exact) mass is 244 g/mol. The van der Waals surface area contributed by atoms with Crippen LogP contribution in [-0.2, 0) is 4.79 Å². The zero-order chi connectivity index (χ0) is 12.5. The number of anilines is 2. The highest BCUT2D eigenvalue weighted by atomic mass is 16.2. The van der Waals surface area contributed by atoms with Crippen molar-refractivity contribution in [1.82, 2.24) is 0 Å². The standard InChI is InChI=1S/C15H20N2O/c1-16-11-15(18)17(12-7-3-2-4-8-12)14-10-6-5-9-13(14)16/h5-6,9-10,12H,2-4,7-8,11H2,1H3. The molecule has 0 radical (unpaired) electrons. The number of hydrogen-bond donors (Lipinski definition) is 0. The molecular formula is C15H20N2O. The number of likely N-dealkylation sites (N-methyl/N-ethyl adjacent to an activating group) is 1. The summed E-state index contributed by atoms with van der Waals surface area (Å²) in [6, 6.07) is 8.68. The minimum absolute atomic E-state index is 0.253. The van der Waals surface area contributed by atoms with E-state index in [2.05, 4.69) is 21.9 Å². The average molecular weight is 244 g/mol. The zero-order valence-corrected chi connectivity index (χ0v) is 10.9. The van der Waals surface area contributed by atoms with Gasteiger partial charge in [-0.15, -0.1) is 0 Å². The molecule has 1 aromatic rings. The summed E-state index contributed by atoms with van der Waals surface area (Å²) in [7, 11) is 1.99. The molecule has 0 aromatic heterocycles. The Hall–Kier alpha value is -1.51. The Balaban J connectivity index is 1.97. The number of amides is 1. The summed E-state index contributed by atoms with van der Waals surface area (Å²) in [5, 5.41) is 0. The van der Waals surface area contributed by atoms with Crippen LogP contribution in [0, 0.1) is 0 Å². The molecule has 0 spiro atoms. The Morgan fingerprint density at radius 2 is 1.72 bits per heavy atom. The van der Waals surface area contributed by atoms with Crippen LogP contribution >= 0.6 is 0 Å². The number of para-hydroxylation sites is 2. The number of carbonyl (C=O) groups is 1. The van der Waals surface area contributed by atoms with Gasteiger partial charge in [-0.3, -0.25) is 4.79 Å². The van der Waals surface area contributed by atoms with E-state index in [1.165, 1.54) is 24.9 Å². The first-order valence-corrected chi connectivity index (χ1v) is 6.89. The first kappa shape index (κ1) is 11.6. The molecule has 96 valence electrons. The quantitative estimate of drug-likeness (QED) is 0.758. The molecule has 0 N–H and O–H groups in total. The number of nitrogens with zero attached hydrogens (tertiary/aromatic N) is 2. The van der Waals surface area contributed by atoms with Gasteiger partial charge in [-0.25, -0.2) is 0 Å². The van der Waals surface area contributed by atoms with Gasteiger partial charge in [0.25, 0.3) is 0 Å². The first-order chi connectivity index (χ1) is 8.77. The molecule has 3 heteroatoms. The zero-order valence-electron chi connectivity index (χ0n) is 10.9. The third-order valence-corrected chi connectivity index (χ3v) is 4.13. The summed E-state index contributed by atoms with van der Waals surface area (Å²) in [5.41, 5.74) is 2.28. The molecular weight excluding hydrogens is 224 g/mol. The normalized spacial score (nSPS) is 21.1. The molecule has 1 amide bonds. The van der Waals surface area contributed by atoms with Gasteiger partial charge in [-0.05, 0) is 25.0 Å². The van der Waals surface area contributed by atoms with Crippen molar-refractivity contribution in [3.05, 3.63) is 24.3 Å². The predicted octanol–water partition coefficient (Wildman–Crippen LogP) is 2.80. The minimum atomic E-state index is 0.253. The van der Waals surface area contributed by atoms with Gasteiger partial charge in [0.2, 0.25) is 5.91 Å². The van der Waals surface area contributed by atoms with Gasteiger partial charge in [0.1, 0.15) is 0 Å². The van der Waals surface area contributed by atoms with Crippen LogP contribution in [-0.4, -0.2) is 25.5 Å². The Kier molecular flexibility index (Phi) is 2.98. The van der Waals surface area contributed by atoms with E-state index < -0.39 is 0 Å². The van der Waals surface area contributed by atoms with Crippen molar-refractivity contribution < 1.29 is 4.79 Å². The van der Waals surface area contributed by atoms with E-state index in [0.717, 1.165) is 18.5 Å². The van der Waals surface area contributed by atoms with Crippen LogP contribution in [0.15, 0.2) is 24.3 Å². The second-order valence-electron chi connectivity index (χ2n) is 5.40. The molecule has 1 aliphatic heterocycles. The highest BCUT2D eigenvalue weighted by molar-refractivity contribution is 6.03. The largest absolute Gasteiger partial charge is 0.364 e. The number of fused-ring (bicyclic) bond motifs is 1. The van der Waals surface area contributed by atoms with Crippen LogP contribution in [0.5, 0.6) is 0 Å². The molecule has 18 heavy (non-hydrogen) atoms. The van der Waals surface area contributed by atoms with E-state index in [-0.39, 0.29) is 5.91 Å². The summed E-state index contributed by atoms with van der Waals surface area (Å²) >= 11 is 0. The van der Waals surface area contributed by atoms with Crippen LogP contribution in [0.2, 0.25) is 0 Å². The maximum absolute atomic E-state index is 12.4. The van der Waals surface area contributed by atoms with Gasteiger partial charge in [0, 0.05) is 13.1 Å². The van der Waals surface area contributed by atoms with E-state index in [1.54, 1.807) is 0 Å². The van der Waals surface area contributed by atoms with Crippen molar-refractivity contribution in [2.75, 3.05) is 23.4 Å². The van der Waals surface area contributed by atoms with E-state index in [4.69, 9.17) is 0 Å². The van der Waals surface area contributed by atoms with Gasteiger partial charge >= 0.3 is 0 Å². The third-order valence-electron chi connectivity index (χ3n) is 4.13. The summed E-state index contributed by atoms with van der Waals surface area (Å²) in [5.74, 6) is 0.253. The number of benzene rings is 1. The lowest BCUT2D eigenvalue weighted by Crippen LogP contribution is -2.49. The van der Waals surface area contributed by atoms with Crippen molar-refractivity contribution in [1.29, 1.82) is 0 Å². The second-order valence-corrected chi connectivity index (χ2v) is 5.40. The molecule has 1 heterocycles. The Labute approximate surface area is 108 Å². The van der Waals surface area contributed by atoms with E-state index in [9.17, 15) is 4.79 Å². The summed E-state index contributed by atoms with van der Waals surface area (Å²) in [6.45, 7) is 0.507. The summed E-state index contributed by atoms with van der Waals surface area (Å²) in [4.78, 5) is 16.5. The molecule has 1 aromatic carbocycles. The lowest BCUT2D eigenvalue weighted by Gasteiger charge is -2.41. The fourth-order valence-electron chi connectivity index (χ4n) is 3.23. The Bertz CT molecular complexity index is 452. The maximum atomic E-state index is 12.4. The highest BCUT2D eigenvalue weighted by Crippen LogP contribution is 2.36. The number of carbonyl (C=O) groups excluding carboxylic acids is 1. The van der Waals surface area contributed by atoms with Gasteiger partial charge < -0.3 is 9.80 Å². The lowest BCUT2D eigenvalue weighted by molar-refractivity contribution is -0.118. The average Bonchev–Trinajstić information content (AvgIpc) is 2.40. The second kappa shape index (κ2) is 4.63. The molecule has 2 aliphatic rings. The molecule has 3 nitrogen and oxygen atoms in total. The highest BCUT2D eigenvalue weighted by Gasteiger charge is 2.32. The summed E-state index contributed by atoms with van der Waals surface area (Å²) < 4.78 is 0. The van der Waals surface area contributed by atoms with Gasteiger partial charge in [0.05, 0.1) is 17.9 Å². The minimum Gasteiger partial charge on any atom is -0.364 e. The molecule has 1 aliphatic carbocycles. The van der Waals surface area contributed by atoms with E-state index in [1.807, 2.05) is 19.2 Å². The first-order valence-electron chi connectivity index (χ1n) is 6.89. The van der Waals surface area contributed by atoms with Crippen LogP contribution in [0.1, 0.15) is 32.1 Å². The SMILES string of the molecule is CN1CC(=O)N(C2CCCCC2)c2ccccc21. The van der Waals surface area contributed by atoms with Crippen molar-refractivity contribution in [3.63, 3.8) is 0 Å². The van der Waals surface area contributed by atoms with Crippen molar-refractivity contribution in [2.24, 2.45) is 0 Å². The smallest absolute Gasteiger partial charge is 0.246 e. The fraction of sp³-hybridized carbons (Fsp3) is 0.533. The lowest BCUT2D eigenvalue weighted by atomic mass is 9.93. The van der Waals surface area contributed by atoms with Gasteiger partial charge in [-0.2, -0.15) is 0 Å². The molecule has 1 fully saturated rings. The van der Waals surface area contributed by atoms with Crippen molar-refractivity contribution >= 4 is 17.3 Å². The molecule has 3 rings (SSSR count). The predicted molar refractivity (Wildman–Crippen MR) is 74.1 cm³/mol. The fourth-order valence-corrected chi connectivity index (χ4v) is 3.23. The van der Waals surface area contributed by atoms with E-state index in [0.29, 0.717) is 12.6 Å². The van der Waals surface area contributed by atoms with Crippen LogP contribution in [0.25, 0.3) is 0 Å². The Morgan fingerprint density at radius 1 is 1.06 bits per heavy atom. The van der Waals surface area contributed by atoms with E-state index >= 15 is 0 Å². The van der Waals surface area contributed by atoms with Crippen molar-refractivity contribution in [3.8, 4) is 0 Å². The maximum Gasteiger partial charge on any atom is 0.246 e. The van der Waals surface area contributed by atoms with Crippen LogP contribution in [0.4, 0.5) is 11.4 Å². The van der Waals surface area contributed by atoms with Crippen LogP contribution < -0.4 is 9.80 Å².